The number of hydrogen-bond donors (Lipinski definition) is 0. The maximum atomic E-state index is 6.87. The maximum absolute atomic E-state index is 6.87. The molecule has 4 aromatic rings. The van der Waals surface area contributed by atoms with Crippen LogP contribution < -0.4 is 4.74 Å². The first-order chi connectivity index (χ1) is 13.3. The van der Waals surface area contributed by atoms with Crippen molar-refractivity contribution in [2.45, 2.75) is 5.41 Å². The first-order valence-electron chi connectivity index (χ1n) is 9.07. The third-order valence-electron chi connectivity index (χ3n) is 5.81. The summed E-state index contributed by atoms with van der Waals surface area (Å²) in [4.78, 5) is 0. The molecule has 0 saturated carbocycles. The smallest absolute Gasteiger partial charge is 0.132 e. The van der Waals surface area contributed by atoms with Gasteiger partial charge in [-0.2, -0.15) is 0 Å². The molecule has 2 aliphatic rings. The Morgan fingerprint density at radius 1 is 0.556 bits per heavy atom. The van der Waals surface area contributed by atoms with Gasteiger partial charge in [0.25, 0.3) is 0 Å². The number of rotatable bonds is 0. The highest BCUT2D eigenvalue weighted by atomic mass is 35.5. The Balaban J connectivity index is 1.89. The van der Waals surface area contributed by atoms with Gasteiger partial charge in [0.1, 0.15) is 11.5 Å². The van der Waals surface area contributed by atoms with Crippen LogP contribution in [0.1, 0.15) is 22.3 Å². The molecule has 0 saturated heterocycles. The molecule has 0 bridgehead atoms. The molecule has 27 heavy (non-hydrogen) atoms. The minimum Gasteiger partial charge on any atom is -0.457 e. The summed E-state index contributed by atoms with van der Waals surface area (Å²) in [5, 5.41) is 0.787. The number of benzene rings is 4. The molecule has 1 nitrogen and oxygen atoms in total. The van der Waals surface area contributed by atoms with Crippen LogP contribution in [-0.4, -0.2) is 0 Å². The van der Waals surface area contributed by atoms with Gasteiger partial charge in [0.15, 0.2) is 0 Å². The summed E-state index contributed by atoms with van der Waals surface area (Å²) in [6.45, 7) is 0. The van der Waals surface area contributed by atoms with Crippen molar-refractivity contribution < 1.29 is 4.74 Å². The van der Waals surface area contributed by atoms with E-state index in [9.17, 15) is 0 Å². The highest BCUT2D eigenvalue weighted by Gasteiger charge is 2.51. The van der Waals surface area contributed by atoms with E-state index in [1.807, 2.05) is 36.4 Å². The van der Waals surface area contributed by atoms with Gasteiger partial charge in [0.05, 0.1) is 5.41 Å². The molecule has 0 amide bonds. The predicted molar refractivity (Wildman–Crippen MR) is 109 cm³/mol. The quantitative estimate of drug-likeness (QED) is 0.287. The van der Waals surface area contributed by atoms with Crippen LogP contribution in [0.15, 0.2) is 91.0 Å². The molecule has 6 rings (SSSR count). The monoisotopic (exact) mass is 366 g/mol. The lowest BCUT2D eigenvalue weighted by molar-refractivity contribution is 0.436. The van der Waals surface area contributed by atoms with Gasteiger partial charge in [-0.15, -0.1) is 0 Å². The second-order valence-corrected chi connectivity index (χ2v) is 7.46. The summed E-state index contributed by atoms with van der Waals surface area (Å²) >= 11 is 6.87. The van der Waals surface area contributed by atoms with Crippen molar-refractivity contribution in [3.8, 4) is 22.6 Å². The van der Waals surface area contributed by atoms with E-state index in [1.54, 1.807) is 0 Å². The van der Waals surface area contributed by atoms with Gasteiger partial charge in [0, 0.05) is 16.1 Å². The van der Waals surface area contributed by atoms with Gasteiger partial charge in [-0.3, -0.25) is 0 Å². The van der Waals surface area contributed by atoms with Crippen LogP contribution in [-0.2, 0) is 5.41 Å². The van der Waals surface area contributed by atoms with Crippen molar-refractivity contribution in [2.24, 2.45) is 0 Å². The van der Waals surface area contributed by atoms with E-state index >= 15 is 0 Å². The zero-order valence-electron chi connectivity index (χ0n) is 14.4. The molecule has 1 spiro atoms. The molecule has 0 atom stereocenters. The van der Waals surface area contributed by atoms with Crippen molar-refractivity contribution in [3.05, 3.63) is 118 Å². The lowest BCUT2D eigenvalue weighted by Crippen LogP contribution is -2.32. The second kappa shape index (κ2) is 5.25. The molecule has 0 N–H and O–H groups in total. The average Bonchev–Trinajstić information content (AvgIpc) is 3.01. The number of ether oxygens (including phenoxy) is 1. The molecule has 4 aromatic carbocycles. The number of hydrogen-bond acceptors (Lipinski definition) is 1. The van der Waals surface area contributed by atoms with E-state index in [0.29, 0.717) is 0 Å². The van der Waals surface area contributed by atoms with Crippen LogP contribution in [0, 0.1) is 0 Å². The SMILES string of the molecule is Clc1cccc2c1C1(c3ccccc3Oc3ccccc31)c1ccccc1-2. The lowest BCUT2D eigenvalue weighted by atomic mass is 9.66. The summed E-state index contributed by atoms with van der Waals surface area (Å²) in [7, 11) is 0. The fourth-order valence-corrected chi connectivity index (χ4v) is 5.18. The Morgan fingerprint density at radius 2 is 1.11 bits per heavy atom. The highest BCUT2D eigenvalue weighted by molar-refractivity contribution is 6.32. The van der Waals surface area contributed by atoms with Crippen molar-refractivity contribution in [3.63, 3.8) is 0 Å². The Morgan fingerprint density at radius 3 is 1.81 bits per heavy atom. The van der Waals surface area contributed by atoms with Gasteiger partial charge < -0.3 is 4.74 Å². The lowest BCUT2D eigenvalue weighted by Gasteiger charge is -2.39. The minimum atomic E-state index is -0.463. The third-order valence-corrected chi connectivity index (χ3v) is 6.13. The Bertz CT molecular complexity index is 1180. The van der Waals surface area contributed by atoms with E-state index in [-0.39, 0.29) is 0 Å². The first kappa shape index (κ1) is 15.1. The van der Waals surface area contributed by atoms with Crippen molar-refractivity contribution in [1.29, 1.82) is 0 Å². The fraction of sp³-hybridized carbons (Fsp3) is 0.0400. The molecule has 0 unspecified atom stereocenters. The highest BCUT2D eigenvalue weighted by Crippen LogP contribution is 2.63. The van der Waals surface area contributed by atoms with E-state index in [1.165, 1.54) is 16.7 Å². The molecule has 0 fully saturated rings. The van der Waals surface area contributed by atoms with Crippen LogP contribution in [0.25, 0.3) is 11.1 Å². The molecule has 1 aliphatic carbocycles. The average molecular weight is 367 g/mol. The largest absolute Gasteiger partial charge is 0.457 e. The Kier molecular flexibility index (Phi) is 2.93. The number of fused-ring (bicyclic) bond motifs is 9. The van der Waals surface area contributed by atoms with Crippen LogP contribution in [0.2, 0.25) is 5.02 Å². The molecular weight excluding hydrogens is 352 g/mol. The van der Waals surface area contributed by atoms with E-state index in [2.05, 4.69) is 54.6 Å². The van der Waals surface area contributed by atoms with Gasteiger partial charge in [-0.05, 0) is 40.5 Å². The van der Waals surface area contributed by atoms with Gasteiger partial charge in [-0.25, -0.2) is 0 Å². The maximum Gasteiger partial charge on any atom is 0.132 e. The summed E-state index contributed by atoms with van der Waals surface area (Å²) in [6, 6.07) is 31.5. The van der Waals surface area contributed by atoms with Crippen LogP contribution >= 0.6 is 11.6 Å². The Hall–Kier alpha value is -3.03. The van der Waals surface area contributed by atoms with Crippen LogP contribution in [0.4, 0.5) is 0 Å². The third kappa shape index (κ3) is 1.75. The van der Waals surface area contributed by atoms with E-state index in [0.717, 1.165) is 33.2 Å². The molecule has 128 valence electrons. The van der Waals surface area contributed by atoms with Crippen molar-refractivity contribution in [2.75, 3.05) is 0 Å². The van der Waals surface area contributed by atoms with Gasteiger partial charge in [0.2, 0.25) is 0 Å². The van der Waals surface area contributed by atoms with Crippen LogP contribution in [0.5, 0.6) is 11.5 Å². The standard InChI is InChI=1S/C25H15ClO/c26-21-13-7-9-17-16-8-1-2-10-18(16)25(24(17)21)19-11-3-5-14-22(19)27-23-15-6-4-12-20(23)25/h1-15H. The zero-order valence-corrected chi connectivity index (χ0v) is 15.2. The van der Waals surface area contributed by atoms with E-state index < -0.39 is 5.41 Å². The predicted octanol–water partition coefficient (Wildman–Crippen LogP) is 6.81. The summed E-state index contributed by atoms with van der Waals surface area (Å²) in [5.41, 5.74) is 6.67. The Labute approximate surface area is 162 Å². The van der Waals surface area contributed by atoms with Gasteiger partial charge >= 0.3 is 0 Å². The molecule has 1 heterocycles. The number of halogens is 1. The first-order valence-corrected chi connectivity index (χ1v) is 9.45. The molecule has 2 heteroatoms. The molecule has 0 radical (unpaired) electrons. The fourth-order valence-electron chi connectivity index (χ4n) is 4.86. The minimum absolute atomic E-state index is 0.463. The summed E-state index contributed by atoms with van der Waals surface area (Å²) < 4.78 is 6.29. The molecule has 1 aliphatic heterocycles. The number of para-hydroxylation sites is 2. The molecule has 0 aromatic heterocycles. The summed E-state index contributed by atoms with van der Waals surface area (Å²) in [6.07, 6.45) is 0. The van der Waals surface area contributed by atoms with Crippen molar-refractivity contribution >= 4 is 11.6 Å². The topological polar surface area (TPSA) is 9.23 Å². The van der Waals surface area contributed by atoms with Crippen molar-refractivity contribution in [1.82, 2.24) is 0 Å². The molecular formula is C25H15ClO. The summed E-state index contributed by atoms with van der Waals surface area (Å²) in [5.74, 6) is 1.78. The van der Waals surface area contributed by atoms with E-state index in [4.69, 9.17) is 16.3 Å². The normalized spacial score (nSPS) is 14.7. The second-order valence-electron chi connectivity index (χ2n) is 7.05. The van der Waals surface area contributed by atoms with Gasteiger partial charge in [-0.1, -0.05) is 84.4 Å². The zero-order chi connectivity index (χ0) is 18.0. The van der Waals surface area contributed by atoms with Crippen LogP contribution in [0.3, 0.4) is 0 Å².